The molecule has 0 unspecified atom stereocenters. The van der Waals surface area contributed by atoms with Crippen LogP contribution in [0.4, 0.5) is 0 Å². The van der Waals surface area contributed by atoms with E-state index in [0.29, 0.717) is 17.3 Å². The van der Waals surface area contributed by atoms with E-state index in [-0.39, 0.29) is 5.91 Å². The lowest BCUT2D eigenvalue weighted by atomic mass is 10.2. The normalized spacial score (nSPS) is 10.3. The Bertz CT molecular complexity index is 789. The van der Waals surface area contributed by atoms with Crippen LogP contribution in [0.1, 0.15) is 15.9 Å². The van der Waals surface area contributed by atoms with Crippen LogP contribution in [-0.4, -0.2) is 10.9 Å². The number of nitrogens with zero attached hydrogens (tertiary/aromatic N) is 1. The van der Waals surface area contributed by atoms with Crippen molar-refractivity contribution in [2.24, 2.45) is 0 Å². The molecule has 0 aliphatic heterocycles. The van der Waals surface area contributed by atoms with Gasteiger partial charge in [0.2, 0.25) is 0 Å². The smallest absolute Gasteiger partial charge is 0.278 e. The van der Waals surface area contributed by atoms with Crippen LogP contribution in [-0.2, 0) is 6.54 Å². The van der Waals surface area contributed by atoms with Gasteiger partial charge in [0.25, 0.3) is 11.1 Å². The summed E-state index contributed by atoms with van der Waals surface area (Å²) in [6.07, 6.45) is 1.70. The van der Waals surface area contributed by atoms with Gasteiger partial charge in [0.1, 0.15) is 5.75 Å². The predicted molar refractivity (Wildman–Crippen MR) is 93.9 cm³/mol. The van der Waals surface area contributed by atoms with E-state index in [1.807, 2.05) is 47.8 Å². The van der Waals surface area contributed by atoms with Crippen LogP contribution in [0.2, 0.25) is 0 Å². The van der Waals surface area contributed by atoms with E-state index < -0.39 is 0 Å². The van der Waals surface area contributed by atoms with Crippen LogP contribution < -0.4 is 10.1 Å². The molecule has 1 N–H and O–H groups in total. The first kappa shape index (κ1) is 15.7. The van der Waals surface area contributed by atoms with E-state index in [1.54, 1.807) is 12.3 Å². The number of thiazole rings is 1. The summed E-state index contributed by atoms with van der Waals surface area (Å²) in [6, 6.07) is 14.9. The molecule has 6 heteroatoms. The van der Waals surface area contributed by atoms with Gasteiger partial charge in [0.05, 0.1) is 5.56 Å². The van der Waals surface area contributed by atoms with Crippen LogP contribution in [0, 0.1) is 0 Å². The number of aromatic nitrogens is 1. The van der Waals surface area contributed by atoms with Crippen molar-refractivity contribution in [3.05, 3.63) is 75.7 Å². The van der Waals surface area contributed by atoms with E-state index in [0.717, 1.165) is 15.8 Å². The standard InChI is InChI=1S/C17H13BrN2O2S/c18-15-4-2-1-3-14(15)16(21)20-11-12-5-7-13(8-6-12)22-17-19-9-10-23-17/h1-10H,11H2,(H,20,21). The lowest BCUT2D eigenvalue weighted by Crippen LogP contribution is -2.23. The molecule has 0 aliphatic carbocycles. The van der Waals surface area contributed by atoms with Crippen molar-refractivity contribution in [3.8, 4) is 10.9 Å². The number of nitrogens with one attached hydrogen (secondary N) is 1. The second-order valence-electron chi connectivity index (χ2n) is 4.71. The molecule has 3 rings (SSSR count). The Morgan fingerprint density at radius 2 is 1.96 bits per heavy atom. The molecular formula is C17H13BrN2O2S. The maximum atomic E-state index is 12.1. The van der Waals surface area contributed by atoms with E-state index in [1.165, 1.54) is 11.3 Å². The van der Waals surface area contributed by atoms with E-state index in [2.05, 4.69) is 26.2 Å². The monoisotopic (exact) mass is 388 g/mol. The third kappa shape index (κ3) is 4.18. The zero-order valence-corrected chi connectivity index (χ0v) is 14.4. The first-order valence-electron chi connectivity index (χ1n) is 6.91. The Labute approximate surface area is 146 Å². The number of carbonyl (C=O) groups is 1. The van der Waals surface area contributed by atoms with Crippen molar-refractivity contribution in [1.82, 2.24) is 10.3 Å². The maximum Gasteiger partial charge on any atom is 0.278 e. The van der Waals surface area contributed by atoms with Crippen LogP contribution in [0.25, 0.3) is 0 Å². The van der Waals surface area contributed by atoms with Crippen molar-refractivity contribution < 1.29 is 9.53 Å². The lowest BCUT2D eigenvalue weighted by Gasteiger charge is -2.08. The van der Waals surface area contributed by atoms with Crippen molar-refractivity contribution in [1.29, 1.82) is 0 Å². The fourth-order valence-electron chi connectivity index (χ4n) is 1.96. The van der Waals surface area contributed by atoms with E-state index in [4.69, 9.17) is 4.74 Å². The minimum absolute atomic E-state index is 0.111. The average molecular weight is 389 g/mol. The average Bonchev–Trinajstić information content (AvgIpc) is 3.07. The number of hydrogen-bond donors (Lipinski definition) is 1. The van der Waals surface area contributed by atoms with Gasteiger partial charge in [-0.2, -0.15) is 0 Å². The minimum Gasteiger partial charge on any atom is -0.431 e. The fraction of sp³-hybridized carbons (Fsp3) is 0.0588. The van der Waals surface area contributed by atoms with Gasteiger partial charge in [-0.1, -0.05) is 35.6 Å². The van der Waals surface area contributed by atoms with Gasteiger partial charge in [-0.05, 0) is 45.8 Å². The summed E-state index contributed by atoms with van der Waals surface area (Å²) in [7, 11) is 0. The molecule has 1 aromatic heterocycles. The minimum atomic E-state index is -0.111. The Balaban J connectivity index is 1.58. The number of benzene rings is 2. The summed E-state index contributed by atoms with van der Waals surface area (Å²) in [5, 5.41) is 5.37. The predicted octanol–water partition coefficient (Wildman–Crippen LogP) is 4.63. The fourth-order valence-corrected chi connectivity index (χ4v) is 2.93. The van der Waals surface area contributed by atoms with Gasteiger partial charge in [-0.3, -0.25) is 4.79 Å². The molecular weight excluding hydrogens is 376 g/mol. The first-order chi connectivity index (χ1) is 11.2. The molecule has 0 fully saturated rings. The number of amides is 1. The first-order valence-corrected chi connectivity index (χ1v) is 8.58. The zero-order chi connectivity index (χ0) is 16.1. The van der Waals surface area contributed by atoms with Gasteiger partial charge in [-0.25, -0.2) is 4.98 Å². The van der Waals surface area contributed by atoms with Crippen molar-refractivity contribution in [2.75, 3.05) is 0 Å². The van der Waals surface area contributed by atoms with Crippen LogP contribution in [0.15, 0.2) is 64.6 Å². The maximum absolute atomic E-state index is 12.1. The molecule has 0 saturated carbocycles. The molecule has 0 aliphatic rings. The molecule has 0 saturated heterocycles. The summed E-state index contributed by atoms with van der Waals surface area (Å²) >= 11 is 4.82. The van der Waals surface area contributed by atoms with E-state index in [9.17, 15) is 4.79 Å². The summed E-state index contributed by atoms with van der Waals surface area (Å²) in [4.78, 5) is 16.2. The molecule has 0 atom stereocenters. The molecule has 0 spiro atoms. The molecule has 1 heterocycles. The lowest BCUT2D eigenvalue weighted by molar-refractivity contribution is 0.0950. The molecule has 23 heavy (non-hydrogen) atoms. The molecule has 1 amide bonds. The molecule has 0 bridgehead atoms. The van der Waals surface area contributed by atoms with Crippen LogP contribution in [0.3, 0.4) is 0 Å². The van der Waals surface area contributed by atoms with Crippen LogP contribution in [0.5, 0.6) is 10.9 Å². The van der Waals surface area contributed by atoms with Gasteiger partial charge in [0.15, 0.2) is 0 Å². The zero-order valence-electron chi connectivity index (χ0n) is 12.0. The second-order valence-corrected chi connectivity index (χ2v) is 6.42. The highest BCUT2D eigenvalue weighted by molar-refractivity contribution is 9.10. The van der Waals surface area contributed by atoms with Crippen molar-refractivity contribution in [2.45, 2.75) is 6.54 Å². The van der Waals surface area contributed by atoms with E-state index >= 15 is 0 Å². The number of rotatable bonds is 5. The van der Waals surface area contributed by atoms with Crippen molar-refractivity contribution >= 4 is 33.2 Å². The Morgan fingerprint density at radius 1 is 1.17 bits per heavy atom. The summed E-state index contributed by atoms with van der Waals surface area (Å²) < 4.78 is 6.38. The number of halogens is 1. The molecule has 116 valence electrons. The summed E-state index contributed by atoms with van der Waals surface area (Å²) in [5.41, 5.74) is 1.62. The number of ether oxygens (including phenoxy) is 1. The molecule has 4 nitrogen and oxygen atoms in total. The molecule has 3 aromatic rings. The molecule has 0 radical (unpaired) electrons. The van der Waals surface area contributed by atoms with Crippen LogP contribution >= 0.6 is 27.3 Å². The Hall–Kier alpha value is -2.18. The topological polar surface area (TPSA) is 51.2 Å². The Morgan fingerprint density at radius 3 is 2.65 bits per heavy atom. The van der Waals surface area contributed by atoms with Gasteiger partial charge in [0, 0.05) is 22.6 Å². The quantitative estimate of drug-likeness (QED) is 0.693. The van der Waals surface area contributed by atoms with Gasteiger partial charge < -0.3 is 10.1 Å². The third-order valence-corrected chi connectivity index (χ3v) is 4.45. The van der Waals surface area contributed by atoms with Gasteiger partial charge >= 0.3 is 0 Å². The van der Waals surface area contributed by atoms with Crippen molar-refractivity contribution in [3.63, 3.8) is 0 Å². The number of carbonyl (C=O) groups excluding carboxylic acids is 1. The largest absolute Gasteiger partial charge is 0.431 e. The van der Waals surface area contributed by atoms with Gasteiger partial charge in [-0.15, -0.1) is 0 Å². The summed E-state index contributed by atoms with van der Waals surface area (Å²) in [5.74, 6) is 0.612. The Kier molecular flexibility index (Phi) is 5.05. The second kappa shape index (κ2) is 7.39. The highest BCUT2D eigenvalue weighted by atomic mass is 79.9. The summed E-state index contributed by atoms with van der Waals surface area (Å²) in [6.45, 7) is 0.456. The highest BCUT2D eigenvalue weighted by Gasteiger charge is 2.08. The third-order valence-electron chi connectivity index (χ3n) is 3.11. The molecule has 2 aromatic carbocycles. The highest BCUT2D eigenvalue weighted by Crippen LogP contribution is 2.23. The number of hydrogen-bond acceptors (Lipinski definition) is 4. The SMILES string of the molecule is O=C(NCc1ccc(Oc2nccs2)cc1)c1ccccc1Br.